The smallest absolute Gasteiger partial charge is 0.407 e. The van der Waals surface area contributed by atoms with Crippen LogP contribution < -0.4 is 5.32 Å². The highest BCUT2D eigenvalue weighted by molar-refractivity contribution is 6.42. The van der Waals surface area contributed by atoms with Crippen molar-refractivity contribution in [1.29, 1.82) is 0 Å². The number of carbonyl (C=O) groups is 1. The van der Waals surface area contributed by atoms with Gasteiger partial charge in [0.05, 0.1) is 10.0 Å². The number of amides is 1. The van der Waals surface area contributed by atoms with Crippen molar-refractivity contribution in [2.75, 3.05) is 13.1 Å². The summed E-state index contributed by atoms with van der Waals surface area (Å²) in [5.74, 6) is 0. The Morgan fingerprint density at radius 3 is 2.48 bits per heavy atom. The van der Waals surface area contributed by atoms with Crippen LogP contribution >= 0.6 is 23.2 Å². The van der Waals surface area contributed by atoms with Crippen LogP contribution in [0.3, 0.4) is 0 Å². The van der Waals surface area contributed by atoms with Crippen molar-refractivity contribution in [3.63, 3.8) is 0 Å². The highest BCUT2D eigenvalue weighted by Crippen LogP contribution is 2.24. The molecule has 23 heavy (non-hydrogen) atoms. The number of likely N-dealkylation sites (tertiary alicyclic amines) is 1. The summed E-state index contributed by atoms with van der Waals surface area (Å²) in [5.41, 5.74) is 0.691. The quantitative estimate of drug-likeness (QED) is 0.865. The summed E-state index contributed by atoms with van der Waals surface area (Å²) in [7, 11) is 0. The molecule has 0 bridgehead atoms. The molecule has 1 amide bonds. The summed E-state index contributed by atoms with van der Waals surface area (Å²) < 4.78 is 5.30. The standard InChI is InChI=1S/C17H24Cl2N2O2/c1-17(2,3)23-16(22)20-13-6-8-21(9-7-13)11-12-4-5-14(18)15(19)10-12/h4-5,10,13H,6-9,11H2,1-3H3,(H,20,22). The van der Waals surface area contributed by atoms with E-state index in [1.54, 1.807) is 0 Å². The zero-order valence-electron chi connectivity index (χ0n) is 13.9. The average molecular weight is 359 g/mol. The molecule has 1 aliphatic rings. The molecule has 128 valence electrons. The SMILES string of the molecule is CC(C)(C)OC(=O)NC1CCN(Cc2ccc(Cl)c(Cl)c2)CC1. The number of piperidine rings is 1. The molecule has 0 aromatic heterocycles. The third-order valence-electron chi connectivity index (χ3n) is 3.70. The second-order valence-corrected chi connectivity index (χ2v) is 7.76. The van der Waals surface area contributed by atoms with Gasteiger partial charge >= 0.3 is 6.09 Å². The molecule has 1 aromatic carbocycles. The van der Waals surface area contributed by atoms with Crippen LogP contribution in [0.1, 0.15) is 39.2 Å². The molecule has 1 N–H and O–H groups in total. The molecule has 1 aromatic rings. The van der Waals surface area contributed by atoms with E-state index in [0.29, 0.717) is 10.0 Å². The number of rotatable bonds is 3. The van der Waals surface area contributed by atoms with Crippen LogP contribution in [0.5, 0.6) is 0 Å². The van der Waals surface area contributed by atoms with Crippen LogP contribution in [0.25, 0.3) is 0 Å². The highest BCUT2D eigenvalue weighted by Gasteiger charge is 2.23. The van der Waals surface area contributed by atoms with Gasteiger partial charge in [0.2, 0.25) is 0 Å². The number of halogens is 2. The number of nitrogens with one attached hydrogen (secondary N) is 1. The van der Waals surface area contributed by atoms with Crippen LogP contribution in [-0.4, -0.2) is 35.7 Å². The normalized spacial score (nSPS) is 17.1. The van der Waals surface area contributed by atoms with Gasteiger partial charge in [-0.15, -0.1) is 0 Å². The maximum Gasteiger partial charge on any atom is 0.407 e. The van der Waals surface area contributed by atoms with Crippen molar-refractivity contribution in [3.8, 4) is 0 Å². The lowest BCUT2D eigenvalue weighted by molar-refractivity contribution is 0.0477. The Hall–Kier alpha value is -0.970. The molecule has 0 atom stereocenters. The average Bonchev–Trinajstić information content (AvgIpc) is 2.43. The van der Waals surface area contributed by atoms with Crippen LogP contribution in [0, 0.1) is 0 Å². The number of alkyl carbamates (subject to hydrolysis) is 1. The van der Waals surface area contributed by atoms with E-state index in [-0.39, 0.29) is 12.1 Å². The lowest BCUT2D eigenvalue weighted by atomic mass is 10.0. The van der Waals surface area contributed by atoms with Crippen LogP contribution in [-0.2, 0) is 11.3 Å². The molecular formula is C17H24Cl2N2O2. The number of hydrogen-bond acceptors (Lipinski definition) is 3. The molecule has 1 saturated heterocycles. The van der Waals surface area contributed by atoms with E-state index in [1.165, 1.54) is 0 Å². The van der Waals surface area contributed by atoms with Crippen molar-refractivity contribution < 1.29 is 9.53 Å². The minimum atomic E-state index is -0.460. The lowest BCUT2D eigenvalue weighted by Crippen LogP contribution is -2.45. The van der Waals surface area contributed by atoms with Crippen molar-refractivity contribution in [2.45, 2.75) is 51.8 Å². The van der Waals surface area contributed by atoms with Crippen molar-refractivity contribution in [2.24, 2.45) is 0 Å². The fraction of sp³-hybridized carbons (Fsp3) is 0.588. The van der Waals surface area contributed by atoms with Crippen molar-refractivity contribution >= 4 is 29.3 Å². The van der Waals surface area contributed by atoms with Gasteiger partial charge in [-0.3, -0.25) is 4.90 Å². The van der Waals surface area contributed by atoms with Gasteiger partial charge in [-0.1, -0.05) is 29.3 Å². The van der Waals surface area contributed by atoms with Crippen LogP contribution in [0.15, 0.2) is 18.2 Å². The van der Waals surface area contributed by atoms with Gasteiger partial charge in [0.1, 0.15) is 5.60 Å². The van der Waals surface area contributed by atoms with Crippen molar-refractivity contribution in [1.82, 2.24) is 10.2 Å². The summed E-state index contributed by atoms with van der Waals surface area (Å²) in [6.45, 7) is 8.31. The highest BCUT2D eigenvalue weighted by atomic mass is 35.5. The second-order valence-electron chi connectivity index (χ2n) is 6.95. The fourth-order valence-corrected chi connectivity index (χ4v) is 2.93. The Balaban J connectivity index is 1.77. The first-order chi connectivity index (χ1) is 10.7. The van der Waals surface area contributed by atoms with Gasteiger partial charge in [0.15, 0.2) is 0 Å². The molecule has 0 unspecified atom stereocenters. The molecule has 0 radical (unpaired) electrons. The van der Waals surface area contributed by atoms with Gasteiger partial charge < -0.3 is 10.1 Å². The largest absolute Gasteiger partial charge is 0.444 e. The Morgan fingerprint density at radius 2 is 1.91 bits per heavy atom. The molecule has 0 aliphatic carbocycles. The van der Waals surface area contributed by atoms with Gasteiger partial charge in [0, 0.05) is 25.7 Å². The predicted octanol–water partition coefficient (Wildman–Crippen LogP) is 4.48. The van der Waals surface area contributed by atoms with Crippen LogP contribution in [0.2, 0.25) is 10.0 Å². The number of nitrogens with zero attached hydrogens (tertiary/aromatic N) is 1. The lowest BCUT2D eigenvalue weighted by Gasteiger charge is -2.32. The predicted molar refractivity (Wildman–Crippen MR) is 94.1 cm³/mol. The third-order valence-corrected chi connectivity index (χ3v) is 4.44. The van der Waals surface area contributed by atoms with Crippen LogP contribution in [0.4, 0.5) is 4.79 Å². The van der Waals surface area contributed by atoms with E-state index in [0.717, 1.165) is 38.0 Å². The first-order valence-corrected chi connectivity index (χ1v) is 8.64. The summed E-state index contributed by atoms with van der Waals surface area (Å²) in [6, 6.07) is 5.92. The minimum Gasteiger partial charge on any atom is -0.444 e. The Kier molecular flexibility index (Phi) is 6.18. The number of ether oxygens (including phenoxy) is 1. The maximum absolute atomic E-state index is 11.8. The zero-order chi connectivity index (χ0) is 17.0. The first kappa shape index (κ1) is 18.4. The summed E-state index contributed by atoms with van der Waals surface area (Å²) >= 11 is 12.0. The zero-order valence-corrected chi connectivity index (χ0v) is 15.4. The molecule has 2 rings (SSSR count). The second kappa shape index (κ2) is 7.73. The number of carbonyl (C=O) groups excluding carboxylic acids is 1. The first-order valence-electron chi connectivity index (χ1n) is 7.89. The van der Waals surface area contributed by atoms with Crippen molar-refractivity contribution in [3.05, 3.63) is 33.8 Å². The van der Waals surface area contributed by atoms with E-state index in [2.05, 4.69) is 10.2 Å². The summed E-state index contributed by atoms with van der Waals surface area (Å²) in [4.78, 5) is 14.1. The van der Waals surface area contributed by atoms with Gasteiger partial charge in [0.25, 0.3) is 0 Å². The topological polar surface area (TPSA) is 41.6 Å². The van der Waals surface area contributed by atoms with Gasteiger partial charge in [-0.05, 0) is 51.3 Å². The van der Waals surface area contributed by atoms with E-state index in [9.17, 15) is 4.79 Å². The molecular weight excluding hydrogens is 335 g/mol. The Morgan fingerprint density at radius 1 is 1.26 bits per heavy atom. The van der Waals surface area contributed by atoms with E-state index < -0.39 is 5.60 Å². The van der Waals surface area contributed by atoms with Gasteiger partial charge in [-0.25, -0.2) is 4.79 Å². The number of benzene rings is 1. The van der Waals surface area contributed by atoms with Gasteiger partial charge in [-0.2, -0.15) is 0 Å². The molecule has 1 heterocycles. The third kappa shape index (κ3) is 6.21. The Labute approximate surface area is 148 Å². The van der Waals surface area contributed by atoms with E-state index in [4.69, 9.17) is 27.9 Å². The monoisotopic (exact) mass is 358 g/mol. The Bertz CT molecular complexity index is 550. The molecule has 0 saturated carbocycles. The van der Waals surface area contributed by atoms with E-state index in [1.807, 2.05) is 39.0 Å². The summed E-state index contributed by atoms with van der Waals surface area (Å²) in [6.07, 6.45) is 1.50. The molecule has 4 nitrogen and oxygen atoms in total. The molecule has 1 aliphatic heterocycles. The summed E-state index contributed by atoms with van der Waals surface area (Å²) in [5, 5.41) is 4.12. The fourth-order valence-electron chi connectivity index (χ4n) is 2.61. The molecule has 0 spiro atoms. The minimum absolute atomic E-state index is 0.176. The number of hydrogen-bond donors (Lipinski definition) is 1. The van der Waals surface area contributed by atoms with E-state index >= 15 is 0 Å². The maximum atomic E-state index is 11.8. The molecule has 6 heteroatoms. The molecule has 1 fully saturated rings.